The molecule has 0 aliphatic heterocycles. The number of carbonyl (C=O) groups is 4. The summed E-state index contributed by atoms with van der Waals surface area (Å²) in [5.41, 5.74) is 4.25. The number of phenols is 2. The molecule has 2 aromatic rings. The predicted octanol–water partition coefficient (Wildman–Crippen LogP) is 18.2. The molecule has 2 aromatic carbocycles. The van der Waals surface area contributed by atoms with Gasteiger partial charge >= 0.3 is 23.8 Å². The Kier molecular flexibility index (Phi) is 34.1. The van der Waals surface area contributed by atoms with E-state index in [4.69, 9.17) is 9.47 Å². The number of aromatic hydroxyl groups is 2. The number of unbranched alkanes of at least 4 members (excludes halogenated alkanes) is 24. The number of hydrogen-bond donors (Lipinski definition) is 4. The fourth-order valence-corrected chi connectivity index (χ4v) is 11.0. The smallest absolute Gasteiger partial charge is 0.309 e. The molecule has 0 aliphatic carbocycles. The van der Waals surface area contributed by atoms with Gasteiger partial charge in [0.2, 0.25) is 0 Å². The van der Waals surface area contributed by atoms with Gasteiger partial charge in [-0.2, -0.15) is 0 Å². The van der Waals surface area contributed by atoms with Gasteiger partial charge in [-0.1, -0.05) is 288 Å². The molecule has 0 heterocycles. The van der Waals surface area contributed by atoms with Crippen molar-refractivity contribution in [1.82, 2.24) is 10.6 Å². The fourth-order valence-electron chi connectivity index (χ4n) is 11.0. The number of phenolic OH excluding ortho intramolecular Hbond substituents is 2. The minimum atomic E-state index is -0.865. The largest absolute Gasteiger partial charge is 0.507 e. The number of ether oxygens (including phenoxy) is 2. The van der Waals surface area contributed by atoms with Gasteiger partial charge in [-0.3, -0.25) is 19.2 Å². The molecular formula is C70H120N2O8. The Morgan fingerprint density at radius 2 is 0.613 bits per heavy atom. The summed E-state index contributed by atoms with van der Waals surface area (Å²) in [6.07, 6.45) is 34.7. The second-order valence-corrected chi connectivity index (χ2v) is 27.7. The number of carbonyl (C=O) groups excluding carboxylic acids is 4. The highest BCUT2D eigenvalue weighted by Crippen LogP contribution is 2.44. The monoisotopic (exact) mass is 1120 g/mol. The zero-order valence-electron chi connectivity index (χ0n) is 53.8. The summed E-state index contributed by atoms with van der Waals surface area (Å²) in [4.78, 5) is 52.6. The van der Waals surface area contributed by atoms with Crippen LogP contribution in [-0.4, -0.2) is 60.3 Å². The van der Waals surface area contributed by atoms with Crippen LogP contribution in [0.2, 0.25) is 0 Å². The van der Waals surface area contributed by atoms with E-state index >= 15 is 0 Å². The second kappa shape index (κ2) is 37.9. The van der Waals surface area contributed by atoms with Crippen LogP contribution >= 0.6 is 0 Å². The maximum Gasteiger partial charge on any atom is 0.309 e. The fraction of sp³-hybridized carbons (Fsp3) is 0.771. The summed E-state index contributed by atoms with van der Waals surface area (Å²) in [7, 11) is 0. The van der Waals surface area contributed by atoms with Crippen molar-refractivity contribution in [1.29, 1.82) is 0 Å². The standard InChI is InChI=1S/C70H120N2O8/c1-15-17-19-21-23-25-27-29-31-33-35-37-39-41-53(55-47-57(67(3,4)5)63(75)58(48-55)68(6,7)8)51-61(73)79-45-43-71-65(77)66(78)72-44-46-80-62(74)52-54(42-40-38-36-34-32-30-28-26-24-22-20-18-16-2)56-49-59(69(9,10)11)64(76)60(50-56)70(12,13)14/h47-50,53-54,75-76H,15-46,51-52H2,1-14H3,(H,71,77)(H,72,78). The van der Waals surface area contributed by atoms with E-state index in [2.05, 4.69) is 132 Å². The van der Waals surface area contributed by atoms with E-state index in [1.54, 1.807) is 0 Å². The van der Waals surface area contributed by atoms with Crippen LogP contribution in [0.5, 0.6) is 11.5 Å². The minimum absolute atomic E-state index is 0.0379. The molecule has 10 nitrogen and oxygen atoms in total. The molecule has 0 bridgehead atoms. The quantitative estimate of drug-likeness (QED) is 0.0293. The van der Waals surface area contributed by atoms with E-state index in [-0.39, 0.29) is 84.6 Å². The van der Waals surface area contributed by atoms with Gasteiger partial charge in [0.1, 0.15) is 24.7 Å². The predicted molar refractivity (Wildman–Crippen MR) is 334 cm³/mol. The summed E-state index contributed by atoms with van der Waals surface area (Å²) in [6, 6.07) is 8.30. The van der Waals surface area contributed by atoms with E-state index in [9.17, 15) is 29.4 Å². The molecule has 0 fully saturated rings. The van der Waals surface area contributed by atoms with Crippen molar-refractivity contribution in [2.24, 2.45) is 0 Å². The first-order valence-corrected chi connectivity index (χ1v) is 32.3. The Hall–Kier alpha value is -4.08. The highest BCUT2D eigenvalue weighted by atomic mass is 16.5. The van der Waals surface area contributed by atoms with Crippen LogP contribution in [0.4, 0.5) is 0 Å². The summed E-state index contributed by atoms with van der Waals surface area (Å²) in [5, 5.41) is 28.1. The van der Waals surface area contributed by atoms with Crippen molar-refractivity contribution in [3.63, 3.8) is 0 Å². The first-order valence-electron chi connectivity index (χ1n) is 32.3. The highest BCUT2D eigenvalue weighted by molar-refractivity contribution is 6.35. The molecule has 0 aliphatic rings. The zero-order valence-corrected chi connectivity index (χ0v) is 53.8. The lowest BCUT2D eigenvalue weighted by Gasteiger charge is -2.30. The lowest BCUT2D eigenvalue weighted by molar-refractivity contribution is -0.146. The van der Waals surface area contributed by atoms with Gasteiger partial charge in [0, 0.05) is 0 Å². The normalized spacial score (nSPS) is 13.0. The molecule has 2 rings (SSSR count). The van der Waals surface area contributed by atoms with Crippen LogP contribution in [0.25, 0.3) is 0 Å². The van der Waals surface area contributed by atoms with Gasteiger partial charge < -0.3 is 30.3 Å². The SMILES string of the molecule is CCCCCCCCCCCCCCCC(CC(=O)OCCNC(=O)C(=O)NCCOC(=O)CC(CCCCCCCCCCCCCCC)c1cc(C(C)(C)C)c(O)c(C(C)(C)C)c1)c1cc(C(C)(C)C)c(O)c(C(C)(C)C)c1. The van der Waals surface area contributed by atoms with E-state index < -0.39 is 11.8 Å². The molecule has 2 unspecified atom stereocenters. The Morgan fingerprint density at radius 3 is 0.838 bits per heavy atom. The van der Waals surface area contributed by atoms with Gasteiger partial charge in [0.25, 0.3) is 0 Å². The van der Waals surface area contributed by atoms with Crippen LogP contribution in [0.1, 0.15) is 335 Å². The topological polar surface area (TPSA) is 151 Å². The second-order valence-electron chi connectivity index (χ2n) is 27.7. The molecule has 4 N–H and O–H groups in total. The van der Waals surface area contributed by atoms with E-state index in [0.717, 1.165) is 71.9 Å². The summed E-state index contributed by atoms with van der Waals surface area (Å²) in [5.74, 6) is -2.09. The van der Waals surface area contributed by atoms with Crippen molar-refractivity contribution in [3.8, 4) is 11.5 Å². The van der Waals surface area contributed by atoms with E-state index in [0.29, 0.717) is 11.5 Å². The number of hydrogen-bond acceptors (Lipinski definition) is 8. The molecule has 10 heteroatoms. The third-order valence-corrected chi connectivity index (χ3v) is 16.1. The lowest BCUT2D eigenvalue weighted by atomic mass is 9.76. The molecule has 0 saturated carbocycles. The molecule has 0 radical (unpaired) electrons. The summed E-state index contributed by atoms with van der Waals surface area (Å²) < 4.78 is 11.3. The van der Waals surface area contributed by atoms with Crippen molar-refractivity contribution in [2.75, 3.05) is 26.3 Å². The molecular weight excluding hydrogens is 997 g/mol. The first-order chi connectivity index (χ1) is 37.7. The van der Waals surface area contributed by atoms with Gasteiger partial charge in [-0.15, -0.1) is 0 Å². The highest BCUT2D eigenvalue weighted by Gasteiger charge is 2.31. The average Bonchev–Trinajstić information content (AvgIpc) is 3.37. The average molecular weight is 1120 g/mol. The minimum Gasteiger partial charge on any atom is -0.507 e. The van der Waals surface area contributed by atoms with Crippen LogP contribution in [0.15, 0.2) is 24.3 Å². The molecule has 458 valence electrons. The molecule has 0 spiro atoms. The molecule has 2 atom stereocenters. The Balaban J connectivity index is 1.97. The maximum absolute atomic E-state index is 13.5. The Bertz CT molecular complexity index is 1860. The van der Waals surface area contributed by atoms with Crippen molar-refractivity contribution in [3.05, 3.63) is 57.6 Å². The Morgan fingerprint density at radius 1 is 0.388 bits per heavy atom. The van der Waals surface area contributed by atoms with Crippen LogP contribution < -0.4 is 10.6 Å². The summed E-state index contributed by atoms with van der Waals surface area (Å²) in [6.45, 7) is 29.4. The van der Waals surface area contributed by atoms with Gasteiger partial charge in [-0.05, 0) is 79.7 Å². The van der Waals surface area contributed by atoms with Crippen molar-refractivity contribution >= 4 is 23.8 Å². The van der Waals surface area contributed by atoms with Gasteiger partial charge in [0.15, 0.2) is 0 Å². The number of amides is 2. The van der Waals surface area contributed by atoms with E-state index in [1.807, 2.05) is 0 Å². The lowest BCUT2D eigenvalue weighted by Crippen LogP contribution is -2.42. The van der Waals surface area contributed by atoms with Crippen LogP contribution in [-0.2, 0) is 50.3 Å². The molecule has 2 amide bonds. The van der Waals surface area contributed by atoms with Gasteiger partial charge in [-0.25, -0.2) is 0 Å². The number of esters is 2. The van der Waals surface area contributed by atoms with Crippen molar-refractivity contribution in [2.45, 2.75) is 323 Å². The Labute approximate surface area is 489 Å². The number of rotatable bonds is 40. The third-order valence-electron chi connectivity index (χ3n) is 16.1. The molecule has 80 heavy (non-hydrogen) atoms. The molecule has 0 aromatic heterocycles. The number of benzene rings is 2. The van der Waals surface area contributed by atoms with Gasteiger partial charge in [0.05, 0.1) is 25.9 Å². The molecule has 0 saturated heterocycles. The maximum atomic E-state index is 13.5. The van der Waals surface area contributed by atoms with Crippen molar-refractivity contribution < 1.29 is 38.9 Å². The first kappa shape index (κ1) is 72.0. The third kappa shape index (κ3) is 29.3. The van der Waals surface area contributed by atoms with E-state index in [1.165, 1.54) is 141 Å². The summed E-state index contributed by atoms with van der Waals surface area (Å²) >= 11 is 0. The zero-order chi connectivity index (χ0) is 59.8. The van der Waals surface area contributed by atoms with Crippen LogP contribution in [0, 0.1) is 0 Å². The number of nitrogens with one attached hydrogen (secondary N) is 2. The van der Waals surface area contributed by atoms with Crippen LogP contribution in [0.3, 0.4) is 0 Å².